The molecule has 5 heteroatoms. The summed E-state index contributed by atoms with van der Waals surface area (Å²) in [5.41, 5.74) is 0.891. The van der Waals surface area contributed by atoms with E-state index in [1.165, 1.54) is 6.21 Å². The topological polar surface area (TPSA) is 74.7 Å². The lowest BCUT2D eigenvalue weighted by molar-refractivity contribution is 0.0520. The lowest BCUT2D eigenvalue weighted by atomic mass is 10.4. The molecule has 0 radical (unpaired) electrons. The Morgan fingerprint density at radius 3 is 3.15 bits per heavy atom. The van der Waals surface area contributed by atoms with Crippen LogP contribution in [-0.2, 0) is 4.74 Å². The van der Waals surface area contributed by atoms with Gasteiger partial charge in [-0.05, 0) is 19.1 Å². The summed E-state index contributed by atoms with van der Waals surface area (Å²) in [4.78, 5) is 13.8. The fourth-order valence-corrected chi connectivity index (χ4v) is 0.877. The van der Waals surface area contributed by atoms with E-state index in [2.05, 4.69) is 10.1 Å². The minimum Gasteiger partial charge on any atom is -0.461 e. The summed E-state index contributed by atoms with van der Waals surface area (Å²) in [6, 6.07) is 3.18. The molecule has 0 saturated carbocycles. The Hall–Kier alpha value is -1.78. The maximum Gasteiger partial charge on any atom is 0.354 e. The van der Waals surface area contributed by atoms with E-state index in [1.807, 2.05) is 0 Å². The summed E-state index contributed by atoms with van der Waals surface area (Å²) in [6.45, 7) is 2.07. The molecule has 1 aromatic rings. The Bertz CT molecular complexity index is 317. The summed E-state index contributed by atoms with van der Waals surface area (Å²) in [7, 11) is 0. The van der Waals surface area contributed by atoms with E-state index in [0.717, 1.165) is 0 Å². The maximum atomic E-state index is 11.1. The van der Waals surface area contributed by atoms with Gasteiger partial charge in [0.25, 0.3) is 0 Å². The average Bonchev–Trinajstić information content (AvgIpc) is 2.54. The number of hydrogen-bond acceptors (Lipinski definition) is 4. The molecule has 5 nitrogen and oxygen atoms in total. The van der Waals surface area contributed by atoms with Crippen LogP contribution in [0, 0.1) is 0 Å². The molecule has 1 rings (SSSR count). The van der Waals surface area contributed by atoms with Crippen molar-refractivity contribution in [2.24, 2.45) is 5.16 Å². The fourth-order valence-electron chi connectivity index (χ4n) is 0.877. The van der Waals surface area contributed by atoms with Gasteiger partial charge in [0, 0.05) is 0 Å². The minimum absolute atomic E-state index is 0.335. The Balaban J connectivity index is 2.73. The Morgan fingerprint density at radius 2 is 2.54 bits per heavy atom. The van der Waals surface area contributed by atoms with Gasteiger partial charge in [0.2, 0.25) is 0 Å². The maximum absolute atomic E-state index is 11.1. The van der Waals surface area contributed by atoms with Crippen LogP contribution in [-0.4, -0.2) is 29.0 Å². The van der Waals surface area contributed by atoms with Crippen LogP contribution >= 0.6 is 0 Å². The minimum atomic E-state index is -0.417. The molecule has 0 fully saturated rings. The molecule has 0 aliphatic heterocycles. The number of aromatic nitrogens is 1. The number of oxime groups is 1. The molecule has 0 amide bonds. The van der Waals surface area contributed by atoms with Crippen LogP contribution in [0.4, 0.5) is 0 Å². The molecule has 0 bridgehead atoms. The van der Waals surface area contributed by atoms with E-state index >= 15 is 0 Å². The van der Waals surface area contributed by atoms with Crippen LogP contribution in [0.25, 0.3) is 0 Å². The van der Waals surface area contributed by atoms with E-state index in [9.17, 15) is 4.79 Å². The highest BCUT2D eigenvalue weighted by atomic mass is 16.5. The molecule has 0 aliphatic rings. The van der Waals surface area contributed by atoms with Gasteiger partial charge in [-0.1, -0.05) is 5.16 Å². The molecule has 0 spiro atoms. The summed E-state index contributed by atoms with van der Waals surface area (Å²) in [6.07, 6.45) is 1.20. The standard InChI is InChI=1S/C8H10N2O3/c1-2-13-8(11)7-4-3-6(10-7)5-9-12/h3-5,10,12H,2H2,1H3/b9-5-. The molecule has 0 saturated heterocycles. The predicted octanol–water partition coefficient (Wildman–Crippen LogP) is 1.000. The molecule has 0 aliphatic carbocycles. The zero-order valence-corrected chi connectivity index (χ0v) is 7.15. The number of ether oxygens (including phenoxy) is 1. The van der Waals surface area contributed by atoms with Crippen molar-refractivity contribution < 1.29 is 14.7 Å². The van der Waals surface area contributed by atoms with Crippen LogP contribution in [0.1, 0.15) is 23.1 Å². The normalized spacial score (nSPS) is 10.5. The highest BCUT2D eigenvalue weighted by molar-refractivity contribution is 5.89. The van der Waals surface area contributed by atoms with Gasteiger partial charge in [-0.3, -0.25) is 0 Å². The first kappa shape index (κ1) is 9.31. The molecule has 2 N–H and O–H groups in total. The van der Waals surface area contributed by atoms with Gasteiger partial charge < -0.3 is 14.9 Å². The molecule has 70 valence electrons. The van der Waals surface area contributed by atoms with Crippen LogP contribution < -0.4 is 0 Å². The summed E-state index contributed by atoms with van der Waals surface area (Å²) in [5, 5.41) is 11.0. The van der Waals surface area contributed by atoms with Gasteiger partial charge in [-0.15, -0.1) is 0 Å². The van der Waals surface area contributed by atoms with E-state index in [-0.39, 0.29) is 0 Å². The molecule has 0 unspecified atom stereocenters. The summed E-state index contributed by atoms with van der Waals surface area (Å²) < 4.78 is 4.74. The first-order chi connectivity index (χ1) is 6.27. The average molecular weight is 182 g/mol. The first-order valence-electron chi connectivity index (χ1n) is 3.81. The van der Waals surface area contributed by atoms with Crippen molar-refractivity contribution in [2.45, 2.75) is 6.92 Å². The van der Waals surface area contributed by atoms with Gasteiger partial charge in [-0.2, -0.15) is 0 Å². The lowest BCUT2D eigenvalue weighted by Gasteiger charge is -1.96. The Morgan fingerprint density at radius 1 is 1.77 bits per heavy atom. The number of nitrogens with zero attached hydrogens (tertiary/aromatic N) is 1. The molecule has 0 aromatic carbocycles. The third-order valence-corrected chi connectivity index (χ3v) is 1.40. The van der Waals surface area contributed by atoms with E-state index in [4.69, 9.17) is 9.94 Å². The predicted molar refractivity (Wildman–Crippen MR) is 46.1 cm³/mol. The monoisotopic (exact) mass is 182 g/mol. The summed E-state index contributed by atoms with van der Waals surface area (Å²) in [5.74, 6) is -0.417. The van der Waals surface area contributed by atoms with Crippen molar-refractivity contribution in [2.75, 3.05) is 6.61 Å². The number of nitrogens with one attached hydrogen (secondary N) is 1. The van der Waals surface area contributed by atoms with Crippen LogP contribution in [0.2, 0.25) is 0 Å². The van der Waals surface area contributed by atoms with Gasteiger partial charge in [-0.25, -0.2) is 4.79 Å². The van der Waals surface area contributed by atoms with Crippen molar-refractivity contribution in [1.29, 1.82) is 0 Å². The number of hydrogen-bond donors (Lipinski definition) is 2. The van der Waals surface area contributed by atoms with Crippen molar-refractivity contribution in [1.82, 2.24) is 4.98 Å². The number of aromatic amines is 1. The number of carbonyl (C=O) groups is 1. The van der Waals surface area contributed by atoms with Gasteiger partial charge in [0.05, 0.1) is 18.5 Å². The van der Waals surface area contributed by atoms with Crippen molar-refractivity contribution in [3.05, 3.63) is 23.5 Å². The molecular weight excluding hydrogens is 172 g/mol. The van der Waals surface area contributed by atoms with Crippen LogP contribution in [0.3, 0.4) is 0 Å². The number of esters is 1. The van der Waals surface area contributed by atoms with Crippen molar-refractivity contribution in [3.8, 4) is 0 Å². The largest absolute Gasteiger partial charge is 0.461 e. The second-order valence-electron chi connectivity index (χ2n) is 2.29. The first-order valence-corrected chi connectivity index (χ1v) is 3.81. The third kappa shape index (κ3) is 2.33. The van der Waals surface area contributed by atoms with E-state index < -0.39 is 5.97 Å². The highest BCUT2D eigenvalue weighted by Crippen LogP contribution is 2.01. The zero-order valence-electron chi connectivity index (χ0n) is 7.15. The smallest absolute Gasteiger partial charge is 0.354 e. The van der Waals surface area contributed by atoms with Crippen molar-refractivity contribution >= 4 is 12.2 Å². The second kappa shape index (κ2) is 4.30. The molecular formula is C8H10N2O3. The second-order valence-corrected chi connectivity index (χ2v) is 2.29. The fraction of sp³-hybridized carbons (Fsp3) is 0.250. The molecule has 13 heavy (non-hydrogen) atoms. The zero-order chi connectivity index (χ0) is 9.68. The van der Waals surface area contributed by atoms with Gasteiger partial charge in [0.1, 0.15) is 5.69 Å². The quantitative estimate of drug-likeness (QED) is 0.317. The number of carbonyl (C=O) groups excluding carboxylic acids is 1. The van der Waals surface area contributed by atoms with Crippen LogP contribution in [0.5, 0.6) is 0 Å². The highest BCUT2D eigenvalue weighted by Gasteiger charge is 2.07. The van der Waals surface area contributed by atoms with Gasteiger partial charge in [0.15, 0.2) is 0 Å². The molecule has 0 atom stereocenters. The molecule has 1 heterocycles. The summed E-state index contributed by atoms with van der Waals surface area (Å²) >= 11 is 0. The molecule has 1 aromatic heterocycles. The van der Waals surface area contributed by atoms with Crippen molar-refractivity contribution in [3.63, 3.8) is 0 Å². The van der Waals surface area contributed by atoms with Gasteiger partial charge >= 0.3 is 5.97 Å². The lowest BCUT2D eigenvalue weighted by Crippen LogP contribution is -2.04. The number of rotatable bonds is 3. The Kier molecular flexibility index (Phi) is 3.08. The van der Waals surface area contributed by atoms with E-state index in [1.54, 1.807) is 19.1 Å². The third-order valence-electron chi connectivity index (χ3n) is 1.40. The Labute approximate surface area is 75.0 Å². The number of H-pyrrole nitrogens is 1. The van der Waals surface area contributed by atoms with E-state index in [0.29, 0.717) is 18.0 Å². The SMILES string of the molecule is CCOC(=O)c1ccc(/C=N\O)[nH]1. The van der Waals surface area contributed by atoms with Crippen LogP contribution in [0.15, 0.2) is 17.3 Å².